The van der Waals surface area contributed by atoms with Gasteiger partial charge in [-0.3, -0.25) is 14.6 Å². The minimum atomic E-state index is -0.719. The number of likely N-dealkylation sites (N-methyl/N-ethyl adjacent to an activating group) is 1. The fourth-order valence-electron chi connectivity index (χ4n) is 5.27. The highest BCUT2D eigenvalue weighted by atomic mass is 16.5. The van der Waals surface area contributed by atoms with Gasteiger partial charge in [0, 0.05) is 12.6 Å². The van der Waals surface area contributed by atoms with E-state index in [0.29, 0.717) is 12.6 Å². The maximum atomic E-state index is 11.7. The van der Waals surface area contributed by atoms with E-state index in [9.17, 15) is 9.90 Å². The Balaban J connectivity index is 1.56. The first-order valence-electron chi connectivity index (χ1n) is 11.4. The number of methoxy groups -OCH3 is 2. The fraction of sp³-hybridized carbons (Fsp3) is 0.708. The van der Waals surface area contributed by atoms with Crippen LogP contribution in [0.1, 0.15) is 37.7 Å². The third-order valence-corrected chi connectivity index (χ3v) is 6.82. The minimum absolute atomic E-state index is 0.168. The summed E-state index contributed by atoms with van der Waals surface area (Å²) < 4.78 is 17.1. The van der Waals surface area contributed by atoms with Gasteiger partial charge in [-0.2, -0.15) is 0 Å². The molecule has 1 unspecified atom stereocenters. The molecule has 1 aliphatic carbocycles. The van der Waals surface area contributed by atoms with Crippen molar-refractivity contribution < 1.29 is 24.1 Å². The van der Waals surface area contributed by atoms with Crippen LogP contribution in [0.15, 0.2) is 18.2 Å². The van der Waals surface area contributed by atoms with E-state index in [0.717, 1.165) is 50.3 Å². The second kappa shape index (κ2) is 11.2. The van der Waals surface area contributed by atoms with Crippen LogP contribution in [-0.4, -0.2) is 87.1 Å². The van der Waals surface area contributed by atoms with Crippen molar-refractivity contribution in [3.05, 3.63) is 23.8 Å². The van der Waals surface area contributed by atoms with Gasteiger partial charge >= 0.3 is 5.97 Å². The first-order valence-corrected chi connectivity index (χ1v) is 11.4. The van der Waals surface area contributed by atoms with Gasteiger partial charge in [-0.05, 0) is 69.9 Å². The van der Waals surface area contributed by atoms with Gasteiger partial charge in [-0.25, -0.2) is 0 Å². The van der Waals surface area contributed by atoms with Crippen molar-refractivity contribution in [3.63, 3.8) is 0 Å². The number of carboxylic acids is 1. The Morgan fingerprint density at radius 1 is 1.16 bits per heavy atom. The summed E-state index contributed by atoms with van der Waals surface area (Å²) in [5, 5.41) is 9.65. The Labute approximate surface area is 186 Å². The van der Waals surface area contributed by atoms with Crippen molar-refractivity contribution in [1.82, 2.24) is 9.80 Å². The number of rotatable bonds is 10. The number of likely N-dealkylation sites (tertiary alicyclic amines) is 1. The Morgan fingerprint density at radius 2 is 1.90 bits per heavy atom. The minimum Gasteiger partial charge on any atom is -0.493 e. The molecule has 3 rings (SSSR count). The van der Waals surface area contributed by atoms with Gasteiger partial charge in [0.2, 0.25) is 0 Å². The quantitative estimate of drug-likeness (QED) is 0.607. The Kier molecular flexibility index (Phi) is 8.58. The number of nitrogens with zero attached hydrogens (tertiary/aromatic N) is 2. The summed E-state index contributed by atoms with van der Waals surface area (Å²) >= 11 is 0. The van der Waals surface area contributed by atoms with Crippen molar-refractivity contribution in [2.24, 2.45) is 5.92 Å². The molecule has 0 aromatic heterocycles. The third kappa shape index (κ3) is 5.90. The van der Waals surface area contributed by atoms with Gasteiger partial charge < -0.3 is 19.3 Å². The van der Waals surface area contributed by atoms with Crippen molar-refractivity contribution in [3.8, 4) is 11.5 Å². The van der Waals surface area contributed by atoms with E-state index in [1.165, 1.54) is 18.4 Å². The van der Waals surface area contributed by atoms with Gasteiger partial charge in [-0.15, -0.1) is 0 Å². The molecule has 2 fully saturated rings. The van der Waals surface area contributed by atoms with Crippen LogP contribution < -0.4 is 9.47 Å². The lowest BCUT2D eigenvalue weighted by molar-refractivity contribution is -0.144. The molecule has 0 spiro atoms. The number of carboxylic acid groups (broad SMARTS) is 1. The average Bonchev–Trinajstić information content (AvgIpc) is 3.22. The van der Waals surface area contributed by atoms with Crippen LogP contribution in [0.3, 0.4) is 0 Å². The number of carbonyl (C=O) groups is 1. The van der Waals surface area contributed by atoms with Crippen LogP contribution in [0.5, 0.6) is 11.5 Å². The number of hydrogen-bond acceptors (Lipinski definition) is 6. The van der Waals surface area contributed by atoms with E-state index in [4.69, 9.17) is 14.2 Å². The maximum Gasteiger partial charge on any atom is 0.321 e. The van der Waals surface area contributed by atoms with E-state index < -0.39 is 12.0 Å². The Morgan fingerprint density at radius 3 is 2.58 bits per heavy atom. The molecule has 0 amide bonds. The standard InChI is InChI=1S/C24H38N2O5/c1-25(2)23(24(27)28)18-11-13-26(16-18)19-7-5-6-8-20(19)31-14-12-17-9-10-21(29-3)22(15-17)30-4/h9-10,15,18-20,23H,5-8,11-14,16H2,1-4H3,(H,27,28)/t18-,19-,20-,23?/m1/s1. The van der Waals surface area contributed by atoms with Crippen molar-refractivity contribution >= 4 is 5.97 Å². The predicted octanol–water partition coefficient (Wildman–Crippen LogP) is 2.91. The van der Waals surface area contributed by atoms with E-state index in [1.54, 1.807) is 14.2 Å². The predicted molar refractivity (Wildman–Crippen MR) is 120 cm³/mol. The molecule has 1 saturated heterocycles. The van der Waals surface area contributed by atoms with E-state index in [1.807, 2.05) is 31.1 Å². The van der Waals surface area contributed by atoms with Crippen molar-refractivity contribution in [2.45, 2.75) is 56.7 Å². The van der Waals surface area contributed by atoms with Crippen LogP contribution in [0.25, 0.3) is 0 Å². The second-order valence-electron chi connectivity index (χ2n) is 8.99. The van der Waals surface area contributed by atoms with Gasteiger partial charge in [0.25, 0.3) is 0 Å². The molecule has 1 N–H and O–H groups in total. The van der Waals surface area contributed by atoms with Crippen LogP contribution in [-0.2, 0) is 16.0 Å². The Hall–Kier alpha value is -1.83. The van der Waals surface area contributed by atoms with Crippen molar-refractivity contribution in [1.29, 1.82) is 0 Å². The number of hydrogen-bond donors (Lipinski definition) is 1. The van der Waals surface area contributed by atoms with E-state index in [2.05, 4.69) is 11.0 Å². The zero-order valence-corrected chi connectivity index (χ0v) is 19.4. The van der Waals surface area contributed by atoms with Crippen LogP contribution in [0.4, 0.5) is 0 Å². The molecule has 1 aromatic rings. The molecule has 4 atom stereocenters. The first-order chi connectivity index (χ1) is 14.9. The molecule has 0 bridgehead atoms. The van der Waals surface area contributed by atoms with Gasteiger partial charge in [0.1, 0.15) is 6.04 Å². The molecule has 7 heteroatoms. The highest BCUT2D eigenvalue weighted by molar-refractivity contribution is 5.74. The molecule has 0 radical (unpaired) electrons. The van der Waals surface area contributed by atoms with Crippen LogP contribution >= 0.6 is 0 Å². The molecule has 1 saturated carbocycles. The lowest BCUT2D eigenvalue weighted by Gasteiger charge is -2.38. The van der Waals surface area contributed by atoms with E-state index >= 15 is 0 Å². The summed E-state index contributed by atoms with van der Waals surface area (Å²) in [6.07, 6.45) is 6.61. The zero-order valence-electron chi connectivity index (χ0n) is 19.4. The average molecular weight is 435 g/mol. The molecule has 7 nitrogen and oxygen atoms in total. The molecular weight excluding hydrogens is 396 g/mol. The molecule has 174 valence electrons. The van der Waals surface area contributed by atoms with Crippen LogP contribution in [0.2, 0.25) is 0 Å². The number of benzene rings is 1. The van der Waals surface area contributed by atoms with Gasteiger partial charge in [0.05, 0.1) is 26.9 Å². The smallest absolute Gasteiger partial charge is 0.321 e. The summed E-state index contributed by atoms with van der Waals surface area (Å²) in [5.41, 5.74) is 1.17. The second-order valence-corrected chi connectivity index (χ2v) is 8.99. The highest BCUT2D eigenvalue weighted by Gasteiger charge is 2.40. The summed E-state index contributed by atoms with van der Waals surface area (Å²) in [7, 11) is 7.02. The zero-order chi connectivity index (χ0) is 22.4. The SMILES string of the molecule is COc1ccc(CCO[C@@H]2CCCC[C@H]2N2CC[C@@H](C(C(=O)O)N(C)C)C2)cc1OC. The molecule has 1 aromatic carbocycles. The number of aliphatic carboxylic acids is 1. The largest absolute Gasteiger partial charge is 0.493 e. The first kappa shape index (κ1) is 23.8. The topological polar surface area (TPSA) is 71.5 Å². The lowest BCUT2D eigenvalue weighted by atomic mass is 9.91. The molecule has 1 aliphatic heterocycles. The monoisotopic (exact) mass is 434 g/mol. The molecule has 1 heterocycles. The third-order valence-electron chi connectivity index (χ3n) is 6.82. The van der Waals surface area contributed by atoms with Crippen LogP contribution in [0, 0.1) is 5.92 Å². The molecule has 31 heavy (non-hydrogen) atoms. The van der Waals surface area contributed by atoms with Gasteiger partial charge in [-0.1, -0.05) is 18.9 Å². The van der Waals surface area contributed by atoms with Crippen molar-refractivity contribution in [2.75, 3.05) is 48.0 Å². The lowest BCUT2D eigenvalue weighted by Crippen LogP contribution is -2.48. The van der Waals surface area contributed by atoms with Gasteiger partial charge in [0.15, 0.2) is 11.5 Å². The number of ether oxygens (including phenoxy) is 3. The summed E-state index contributed by atoms with van der Waals surface area (Å²) in [4.78, 5) is 16.1. The van der Waals surface area contributed by atoms with E-state index in [-0.39, 0.29) is 12.0 Å². The summed E-state index contributed by atoms with van der Waals surface area (Å²) in [5.74, 6) is 0.929. The Bertz CT molecular complexity index is 726. The molecule has 2 aliphatic rings. The molecular formula is C24H38N2O5. The summed E-state index contributed by atoms with van der Waals surface area (Å²) in [6, 6.07) is 5.98. The highest BCUT2D eigenvalue weighted by Crippen LogP contribution is 2.32. The maximum absolute atomic E-state index is 11.7. The normalized spacial score (nSPS) is 25.5. The summed E-state index contributed by atoms with van der Waals surface area (Å²) in [6.45, 7) is 2.47. The fourth-order valence-corrected chi connectivity index (χ4v) is 5.27.